The van der Waals surface area contributed by atoms with E-state index in [0.717, 1.165) is 0 Å². The molecule has 1 N–H and O–H groups in total. The molecule has 0 fully saturated rings. The minimum absolute atomic E-state index is 0.265. The molecule has 0 spiro atoms. The van der Waals surface area contributed by atoms with Crippen LogP contribution in [0.4, 0.5) is 0 Å². The van der Waals surface area contributed by atoms with Gasteiger partial charge in [-0.1, -0.05) is 41.3 Å². The van der Waals surface area contributed by atoms with Gasteiger partial charge in [0.1, 0.15) is 11.3 Å². The van der Waals surface area contributed by atoms with E-state index in [1.165, 1.54) is 6.92 Å². The lowest BCUT2D eigenvalue weighted by molar-refractivity contribution is -0.129. The summed E-state index contributed by atoms with van der Waals surface area (Å²) in [4.78, 5) is 24.7. The van der Waals surface area contributed by atoms with Crippen molar-refractivity contribution in [3.8, 4) is 0 Å². The van der Waals surface area contributed by atoms with E-state index in [0.29, 0.717) is 33.5 Å². The number of esters is 1. The number of hydrogen-bond acceptors (Lipinski definition) is 5. The molecule has 0 unspecified atom stereocenters. The summed E-state index contributed by atoms with van der Waals surface area (Å²) >= 11 is 12.0. The zero-order valence-electron chi connectivity index (χ0n) is 14.9. The molecule has 0 saturated heterocycles. The zero-order chi connectivity index (χ0) is 19.4. The van der Waals surface area contributed by atoms with Gasteiger partial charge in [-0.3, -0.25) is 4.79 Å². The first-order chi connectivity index (χ1) is 12.2. The summed E-state index contributed by atoms with van der Waals surface area (Å²) in [6, 6.07) is 4.65. The highest BCUT2D eigenvalue weighted by Gasteiger charge is 2.26. The number of hydrogen-bond donors (Lipinski definition) is 1. The summed E-state index contributed by atoms with van der Waals surface area (Å²) in [6.07, 6.45) is -0.468. The van der Waals surface area contributed by atoms with Gasteiger partial charge in [0.05, 0.1) is 11.7 Å². The van der Waals surface area contributed by atoms with Crippen molar-refractivity contribution in [3.05, 3.63) is 50.8 Å². The summed E-state index contributed by atoms with van der Waals surface area (Å²) in [5, 5.41) is 7.53. The van der Waals surface area contributed by atoms with Crippen LogP contribution in [0.5, 0.6) is 0 Å². The summed E-state index contributed by atoms with van der Waals surface area (Å²) < 4.78 is 10.3. The average Bonchev–Trinajstić information content (AvgIpc) is 2.95. The van der Waals surface area contributed by atoms with Crippen LogP contribution in [0.1, 0.15) is 54.2 Å². The van der Waals surface area contributed by atoms with E-state index >= 15 is 0 Å². The minimum atomic E-state index is -0.991. The highest BCUT2D eigenvalue weighted by molar-refractivity contribution is 6.35. The quantitative estimate of drug-likeness (QED) is 0.734. The molecule has 0 radical (unpaired) electrons. The molecule has 0 aliphatic heterocycles. The molecule has 26 heavy (non-hydrogen) atoms. The maximum atomic E-state index is 12.4. The predicted molar refractivity (Wildman–Crippen MR) is 98.5 cm³/mol. The van der Waals surface area contributed by atoms with Crippen LogP contribution in [0, 0.1) is 6.92 Å². The van der Waals surface area contributed by atoms with Gasteiger partial charge in [0.15, 0.2) is 6.10 Å². The molecule has 1 aromatic carbocycles. The third kappa shape index (κ3) is 4.56. The molecule has 6 nitrogen and oxygen atoms in total. The van der Waals surface area contributed by atoms with Gasteiger partial charge in [0.25, 0.3) is 5.91 Å². The largest absolute Gasteiger partial charge is 0.449 e. The maximum Gasteiger partial charge on any atom is 0.344 e. The Morgan fingerprint density at radius 1 is 1.31 bits per heavy atom. The number of carbonyl (C=O) groups is 2. The standard InChI is InChI=1S/C18H20Cl2N2O4/c1-5-15-16(10(3)26-22-15)18(24)25-11(4)17(23)21-9(2)13-7-6-12(19)8-14(13)20/h6-9,11H,5H2,1-4H3,(H,21,23)/t9-,11-/m0/s1. The van der Waals surface area contributed by atoms with Gasteiger partial charge >= 0.3 is 5.97 Å². The third-order valence-corrected chi connectivity index (χ3v) is 4.48. The van der Waals surface area contributed by atoms with Crippen LogP contribution in [-0.4, -0.2) is 23.1 Å². The van der Waals surface area contributed by atoms with Crippen molar-refractivity contribution in [1.82, 2.24) is 10.5 Å². The van der Waals surface area contributed by atoms with Gasteiger partial charge < -0.3 is 14.6 Å². The fraction of sp³-hybridized carbons (Fsp3) is 0.389. The van der Waals surface area contributed by atoms with E-state index in [-0.39, 0.29) is 11.6 Å². The number of benzene rings is 1. The monoisotopic (exact) mass is 398 g/mol. The number of nitrogens with one attached hydrogen (secondary N) is 1. The topological polar surface area (TPSA) is 81.4 Å². The molecule has 2 rings (SSSR count). The first-order valence-corrected chi connectivity index (χ1v) is 8.91. The van der Waals surface area contributed by atoms with Crippen LogP contribution in [-0.2, 0) is 16.0 Å². The van der Waals surface area contributed by atoms with E-state index in [9.17, 15) is 9.59 Å². The number of halogens is 2. The molecule has 140 valence electrons. The highest BCUT2D eigenvalue weighted by atomic mass is 35.5. The fourth-order valence-electron chi connectivity index (χ4n) is 2.46. The number of aryl methyl sites for hydroxylation is 2. The molecule has 1 amide bonds. The zero-order valence-corrected chi connectivity index (χ0v) is 16.4. The van der Waals surface area contributed by atoms with E-state index in [2.05, 4.69) is 10.5 Å². The number of amides is 1. The third-order valence-electron chi connectivity index (χ3n) is 3.91. The Hall–Kier alpha value is -2.05. The normalized spacial score (nSPS) is 13.2. The van der Waals surface area contributed by atoms with Gasteiger partial charge in [-0.25, -0.2) is 4.79 Å². The van der Waals surface area contributed by atoms with Crippen LogP contribution in [0.25, 0.3) is 0 Å². The lowest BCUT2D eigenvalue weighted by atomic mass is 10.1. The molecule has 2 atom stereocenters. The van der Waals surface area contributed by atoms with Crippen LogP contribution in [0.2, 0.25) is 10.0 Å². The Morgan fingerprint density at radius 2 is 2.00 bits per heavy atom. The second-order valence-corrected chi connectivity index (χ2v) is 6.70. The Morgan fingerprint density at radius 3 is 2.62 bits per heavy atom. The molecular formula is C18H20Cl2N2O4. The maximum absolute atomic E-state index is 12.4. The van der Waals surface area contributed by atoms with Gasteiger partial charge in [-0.05, 0) is 44.9 Å². The minimum Gasteiger partial charge on any atom is -0.449 e. The van der Waals surface area contributed by atoms with Gasteiger partial charge in [-0.2, -0.15) is 0 Å². The molecule has 0 saturated carbocycles. The fourth-order valence-corrected chi connectivity index (χ4v) is 3.03. The van der Waals surface area contributed by atoms with Crippen molar-refractivity contribution in [2.75, 3.05) is 0 Å². The van der Waals surface area contributed by atoms with E-state index < -0.39 is 18.0 Å². The number of rotatable bonds is 6. The molecule has 2 aromatic rings. The number of carbonyl (C=O) groups excluding carboxylic acids is 2. The molecule has 1 aromatic heterocycles. The highest BCUT2D eigenvalue weighted by Crippen LogP contribution is 2.26. The smallest absolute Gasteiger partial charge is 0.344 e. The van der Waals surface area contributed by atoms with Crippen molar-refractivity contribution in [2.45, 2.75) is 46.3 Å². The second-order valence-electron chi connectivity index (χ2n) is 5.86. The molecule has 0 bridgehead atoms. The summed E-state index contributed by atoms with van der Waals surface area (Å²) in [7, 11) is 0. The first kappa shape index (κ1) is 20.3. The summed E-state index contributed by atoms with van der Waals surface area (Å²) in [6.45, 7) is 6.75. The van der Waals surface area contributed by atoms with Crippen molar-refractivity contribution in [1.29, 1.82) is 0 Å². The van der Waals surface area contributed by atoms with Crippen LogP contribution in [0.3, 0.4) is 0 Å². The van der Waals surface area contributed by atoms with Crippen LogP contribution in [0.15, 0.2) is 22.7 Å². The Balaban J connectivity index is 2.03. The van der Waals surface area contributed by atoms with E-state index in [1.807, 2.05) is 6.92 Å². The van der Waals surface area contributed by atoms with Crippen molar-refractivity contribution >= 4 is 35.1 Å². The first-order valence-electron chi connectivity index (χ1n) is 8.16. The van der Waals surface area contributed by atoms with Crippen molar-refractivity contribution in [3.63, 3.8) is 0 Å². The molecule has 8 heteroatoms. The lowest BCUT2D eigenvalue weighted by Gasteiger charge is -2.19. The second kappa shape index (κ2) is 8.56. The number of ether oxygens (including phenoxy) is 1. The van der Waals surface area contributed by atoms with E-state index in [1.54, 1.807) is 32.0 Å². The molecule has 1 heterocycles. The molecule has 0 aliphatic carbocycles. The summed E-state index contributed by atoms with van der Waals surface area (Å²) in [5.41, 5.74) is 1.48. The van der Waals surface area contributed by atoms with E-state index in [4.69, 9.17) is 32.5 Å². The summed E-state index contributed by atoms with van der Waals surface area (Å²) in [5.74, 6) is -0.717. The van der Waals surface area contributed by atoms with Gasteiger partial charge in [0.2, 0.25) is 0 Å². The van der Waals surface area contributed by atoms with Crippen LogP contribution >= 0.6 is 23.2 Å². The Kier molecular flexibility index (Phi) is 6.67. The number of aromatic nitrogens is 1. The Labute approximate surface area is 161 Å². The predicted octanol–water partition coefficient (Wildman–Crippen LogP) is 4.27. The lowest BCUT2D eigenvalue weighted by Crippen LogP contribution is -2.37. The average molecular weight is 399 g/mol. The molecular weight excluding hydrogens is 379 g/mol. The van der Waals surface area contributed by atoms with Crippen LogP contribution < -0.4 is 5.32 Å². The van der Waals surface area contributed by atoms with Gasteiger partial charge in [-0.15, -0.1) is 0 Å². The SMILES string of the molecule is CCc1noc(C)c1C(=O)O[C@@H](C)C(=O)N[C@@H](C)c1ccc(Cl)cc1Cl. The van der Waals surface area contributed by atoms with Gasteiger partial charge in [0, 0.05) is 10.0 Å². The number of nitrogens with zero attached hydrogens (tertiary/aromatic N) is 1. The van der Waals surface area contributed by atoms with Crippen molar-refractivity contribution < 1.29 is 18.8 Å². The molecule has 0 aliphatic rings. The Bertz CT molecular complexity index is 820. The van der Waals surface area contributed by atoms with Crippen molar-refractivity contribution in [2.24, 2.45) is 0 Å².